The van der Waals surface area contributed by atoms with Gasteiger partial charge in [0, 0.05) is 50.1 Å². The van der Waals surface area contributed by atoms with Crippen LogP contribution in [0.3, 0.4) is 0 Å². The number of imidazole rings is 1. The molecular formula is C30H41N7O3. The number of β-amino-alcohol motifs (C(OH)–C–C–N with tert-alkyl or cyclic N) is 1. The van der Waals surface area contributed by atoms with Gasteiger partial charge < -0.3 is 19.9 Å². The van der Waals surface area contributed by atoms with Crippen LogP contribution in [0.1, 0.15) is 101 Å². The lowest BCUT2D eigenvalue weighted by Crippen LogP contribution is -2.46. The third kappa shape index (κ3) is 5.38. The first-order valence-electron chi connectivity index (χ1n) is 14.8. The third-order valence-corrected chi connectivity index (χ3v) is 8.48. The smallest absolute Gasteiger partial charge is 0.248 e. The van der Waals surface area contributed by atoms with Crippen LogP contribution in [-0.2, 0) is 22.6 Å². The van der Waals surface area contributed by atoms with Crippen molar-refractivity contribution in [2.75, 3.05) is 6.54 Å². The average Bonchev–Trinajstić information content (AvgIpc) is 3.82. The van der Waals surface area contributed by atoms with Crippen molar-refractivity contribution in [3.8, 4) is 0 Å². The molecule has 3 fully saturated rings. The number of likely N-dealkylation sites (tertiary alicyclic amines) is 1. The van der Waals surface area contributed by atoms with Crippen molar-refractivity contribution in [1.82, 2.24) is 34.8 Å². The summed E-state index contributed by atoms with van der Waals surface area (Å²) in [6.07, 6.45) is 7.30. The molecule has 2 aliphatic carbocycles. The standard InChI is InChI=1S/C30H41N7O3/c1-5-26-32-23-12-18(6-11-25(23)37(26)20-9-10-20)15-31-27(39)14-21-13-22(38)16-35(21)29(40)28(30(2,3)4)36-17-24(33-34-36)19-7-8-19/h6,11-12,17,19-22,28,38H,5,7-10,13-16H2,1-4H3,(H,31,39)/t21-,22+,28+/m0/s1. The first-order chi connectivity index (χ1) is 19.1. The van der Waals surface area contributed by atoms with E-state index < -0.39 is 17.6 Å². The van der Waals surface area contributed by atoms with E-state index in [1.807, 2.05) is 27.0 Å². The Labute approximate surface area is 235 Å². The highest BCUT2D eigenvalue weighted by Crippen LogP contribution is 2.41. The molecule has 3 atom stereocenters. The molecule has 0 unspecified atom stereocenters. The molecule has 10 nitrogen and oxygen atoms in total. The Morgan fingerprint density at radius 3 is 2.62 bits per heavy atom. The van der Waals surface area contributed by atoms with E-state index in [2.05, 4.69) is 45.3 Å². The second-order valence-electron chi connectivity index (χ2n) is 13.0. The molecule has 2 saturated carbocycles. The van der Waals surface area contributed by atoms with Crippen molar-refractivity contribution in [1.29, 1.82) is 0 Å². The number of aliphatic hydroxyl groups is 1. The maximum atomic E-state index is 13.9. The van der Waals surface area contributed by atoms with Gasteiger partial charge in [0.05, 0.1) is 22.8 Å². The molecule has 2 amide bonds. The summed E-state index contributed by atoms with van der Waals surface area (Å²) in [4.78, 5) is 33.5. The van der Waals surface area contributed by atoms with E-state index >= 15 is 0 Å². The van der Waals surface area contributed by atoms with Gasteiger partial charge in [0.1, 0.15) is 11.9 Å². The van der Waals surface area contributed by atoms with Gasteiger partial charge in [-0.2, -0.15) is 0 Å². The number of carbonyl (C=O) groups is 2. The molecular weight excluding hydrogens is 506 g/mol. The Morgan fingerprint density at radius 1 is 1.18 bits per heavy atom. The fourth-order valence-electron chi connectivity index (χ4n) is 6.16. The first kappa shape index (κ1) is 26.9. The van der Waals surface area contributed by atoms with Gasteiger partial charge in [-0.25, -0.2) is 9.67 Å². The summed E-state index contributed by atoms with van der Waals surface area (Å²) in [7, 11) is 0. The number of rotatable bonds is 9. The molecule has 0 radical (unpaired) electrons. The fourth-order valence-corrected chi connectivity index (χ4v) is 6.16. The van der Waals surface area contributed by atoms with Crippen molar-refractivity contribution in [2.24, 2.45) is 5.41 Å². The van der Waals surface area contributed by atoms with Gasteiger partial charge in [-0.05, 0) is 55.2 Å². The van der Waals surface area contributed by atoms with E-state index in [-0.39, 0.29) is 30.8 Å². The number of aryl methyl sites for hydroxylation is 1. The van der Waals surface area contributed by atoms with E-state index in [0.717, 1.165) is 47.4 Å². The molecule has 10 heteroatoms. The van der Waals surface area contributed by atoms with Crippen LogP contribution in [0.5, 0.6) is 0 Å². The van der Waals surface area contributed by atoms with Crippen LogP contribution < -0.4 is 5.32 Å². The van der Waals surface area contributed by atoms with Gasteiger partial charge in [0.15, 0.2) is 0 Å². The summed E-state index contributed by atoms with van der Waals surface area (Å²) in [6.45, 7) is 8.77. The summed E-state index contributed by atoms with van der Waals surface area (Å²) in [5, 5.41) is 22.2. The van der Waals surface area contributed by atoms with Crippen LogP contribution in [0.15, 0.2) is 24.4 Å². The number of fused-ring (bicyclic) bond motifs is 1. The number of benzene rings is 1. The third-order valence-electron chi connectivity index (χ3n) is 8.48. The summed E-state index contributed by atoms with van der Waals surface area (Å²) in [6, 6.07) is 5.85. The zero-order valence-electron chi connectivity index (χ0n) is 24.0. The predicted molar refractivity (Wildman–Crippen MR) is 150 cm³/mol. The van der Waals surface area contributed by atoms with Crippen molar-refractivity contribution >= 4 is 22.8 Å². The zero-order chi connectivity index (χ0) is 28.2. The quantitative estimate of drug-likeness (QED) is 0.422. The van der Waals surface area contributed by atoms with Gasteiger partial charge in [-0.3, -0.25) is 9.59 Å². The molecule has 3 aromatic rings. The van der Waals surface area contributed by atoms with Gasteiger partial charge in [-0.1, -0.05) is 39.0 Å². The topological polar surface area (TPSA) is 118 Å². The van der Waals surface area contributed by atoms with Crippen LogP contribution in [-0.4, -0.2) is 65.1 Å². The summed E-state index contributed by atoms with van der Waals surface area (Å²) < 4.78 is 4.05. The van der Waals surface area contributed by atoms with Crippen LogP contribution in [0.25, 0.3) is 11.0 Å². The first-order valence-corrected chi connectivity index (χ1v) is 14.8. The van der Waals surface area contributed by atoms with Gasteiger partial charge in [-0.15, -0.1) is 5.10 Å². The average molecular weight is 548 g/mol. The minimum atomic E-state index is -0.656. The van der Waals surface area contributed by atoms with Crippen molar-refractivity contribution in [3.63, 3.8) is 0 Å². The number of nitrogens with zero attached hydrogens (tertiary/aromatic N) is 6. The monoisotopic (exact) mass is 547 g/mol. The van der Waals surface area contributed by atoms with Gasteiger partial charge in [0.25, 0.3) is 0 Å². The summed E-state index contributed by atoms with van der Waals surface area (Å²) in [5.41, 5.74) is 3.64. The molecule has 40 heavy (non-hydrogen) atoms. The van der Waals surface area contributed by atoms with E-state index in [1.165, 1.54) is 12.8 Å². The normalized spacial score (nSPS) is 22.2. The van der Waals surface area contributed by atoms with Crippen LogP contribution in [0, 0.1) is 5.41 Å². The van der Waals surface area contributed by atoms with Crippen molar-refractivity contribution in [2.45, 2.75) is 109 Å². The van der Waals surface area contributed by atoms with Crippen LogP contribution in [0.4, 0.5) is 0 Å². The molecule has 0 bridgehead atoms. The summed E-state index contributed by atoms with van der Waals surface area (Å²) >= 11 is 0. The van der Waals surface area contributed by atoms with Crippen molar-refractivity contribution in [3.05, 3.63) is 41.5 Å². The second kappa shape index (κ2) is 10.3. The number of aromatic nitrogens is 5. The SMILES string of the molecule is CCc1nc2cc(CNC(=O)C[C@@H]3C[C@@H](O)CN3C(=O)[C@@H](n3cc(C4CC4)nn3)C(C)(C)C)ccc2n1C1CC1. The molecule has 6 rings (SSSR count). The predicted octanol–water partition coefficient (Wildman–Crippen LogP) is 3.66. The molecule has 2 aromatic heterocycles. The summed E-state index contributed by atoms with van der Waals surface area (Å²) in [5.74, 6) is 1.29. The molecule has 1 aliphatic heterocycles. The number of nitrogens with one attached hydrogen (secondary N) is 1. The maximum Gasteiger partial charge on any atom is 0.248 e. The largest absolute Gasteiger partial charge is 0.391 e. The number of aliphatic hydroxyl groups excluding tert-OH is 1. The highest BCUT2D eigenvalue weighted by molar-refractivity contribution is 5.83. The number of amides is 2. The molecule has 1 aromatic carbocycles. The molecule has 3 aliphatic rings. The van der Waals surface area contributed by atoms with Gasteiger partial charge in [0.2, 0.25) is 11.8 Å². The Balaban J connectivity index is 1.12. The highest BCUT2D eigenvalue weighted by Gasteiger charge is 2.43. The van der Waals surface area contributed by atoms with Crippen LogP contribution >= 0.6 is 0 Å². The Kier molecular flexibility index (Phi) is 6.92. The van der Waals surface area contributed by atoms with Crippen LogP contribution in [0.2, 0.25) is 0 Å². The van der Waals surface area contributed by atoms with E-state index in [0.29, 0.717) is 24.9 Å². The lowest BCUT2D eigenvalue weighted by atomic mass is 9.85. The minimum Gasteiger partial charge on any atom is -0.391 e. The Hall–Kier alpha value is -3.27. The molecule has 214 valence electrons. The molecule has 2 N–H and O–H groups in total. The molecule has 0 spiro atoms. The molecule has 3 heterocycles. The second-order valence-corrected chi connectivity index (χ2v) is 13.0. The zero-order valence-corrected chi connectivity index (χ0v) is 24.0. The van der Waals surface area contributed by atoms with Gasteiger partial charge >= 0.3 is 0 Å². The minimum absolute atomic E-state index is 0.127. The van der Waals surface area contributed by atoms with Crippen molar-refractivity contribution < 1.29 is 14.7 Å². The van der Waals surface area contributed by atoms with E-state index in [4.69, 9.17) is 4.98 Å². The Morgan fingerprint density at radius 2 is 1.95 bits per heavy atom. The Bertz CT molecular complexity index is 1410. The lowest BCUT2D eigenvalue weighted by Gasteiger charge is -2.35. The van der Waals surface area contributed by atoms with E-state index in [9.17, 15) is 14.7 Å². The molecule has 1 saturated heterocycles. The maximum absolute atomic E-state index is 13.9. The highest BCUT2D eigenvalue weighted by atomic mass is 16.3. The fraction of sp³-hybridized carbons (Fsp3) is 0.633. The number of carbonyl (C=O) groups excluding carboxylic acids is 2. The number of hydrogen-bond donors (Lipinski definition) is 2. The lowest BCUT2D eigenvalue weighted by molar-refractivity contribution is -0.140. The number of hydrogen-bond acceptors (Lipinski definition) is 6. The van der Waals surface area contributed by atoms with E-state index in [1.54, 1.807) is 9.58 Å².